The quantitative estimate of drug-likeness (QED) is 0.694. The van der Waals surface area contributed by atoms with E-state index in [0.29, 0.717) is 0 Å². The van der Waals surface area contributed by atoms with Crippen molar-refractivity contribution >= 4 is 23.4 Å². The second kappa shape index (κ2) is 5.42. The smallest absolute Gasteiger partial charge is 0.0406 e. The van der Waals surface area contributed by atoms with Gasteiger partial charge in [-0.3, -0.25) is 0 Å². The Hall–Kier alpha value is -0.920. The predicted octanol–water partition coefficient (Wildman–Crippen LogP) is 4.94. The van der Waals surface area contributed by atoms with Gasteiger partial charge in [0.1, 0.15) is 0 Å². The predicted molar refractivity (Wildman–Crippen MR) is 72.2 cm³/mol. The fourth-order valence-corrected chi connectivity index (χ4v) is 2.47. The molecule has 82 valence electrons. The van der Waals surface area contributed by atoms with Crippen LogP contribution >= 0.6 is 23.4 Å². The molecule has 0 fully saturated rings. The molecule has 0 saturated carbocycles. The maximum atomic E-state index is 5.84. The Morgan fingerprint density at radius 2 is 1.81 bits per heavy atom. The first kappa shape index (κ1) is 11.6. The van der Waals surface area contributed by atoms with E-state index in [2.05, 4.69) is 43.3 Å². The van der Waals surface area contributed by atoms with Gasteiger partial charge in [-0.05, 0) is 36.8 Å². The van der Waals surface area contributed by atoms with Gasteiger partial charge in [-0.2, -0.15) is 0 Å². The van der Waals surface area contributed by atoms with Crippen LogP contribution in [0.2, 0.25) is 5.02 Å². The van der Waals surface area contributed by atoms with Gasteiger partial charge >= 0.3 is 0 Å². The van der Waals surface area contributed by atoms with Crippen molar-refractivity contribution in [2.24, 2.45) is 0 Å². The third-order valence-corrected chi connectivity index (χ3v) is 3.64. The van der Waals surface area contributed by atoms with E-state index in [1.165, 1.54) is 16.0 Å². The molecule has 16 heavy (non-hydrogen) atoms. The number of halogens is 1. The highest BCUT2D eigenvalue weighted by molar-refractivity contribution is 7.98. The second-order valence-electron chi connectivity index (χ2n) is 3.73. The first-order valence-electron chi connectivity index (χ1n) is 5.18. The number of benzene rings is 2. The molecule has 0 atom stereocenters. The van der Waals surface area contributed by atoms with Crippen LogP contribution in [0.1, 0.15) is 11.1 Å². The Labute approximate surface area is 106 Å². The molecule has 0 aromatic heterocycles. The molecule has 0 N–H and O–H groups in total. The molecule has 2 heteroatoms. The molecule has 0 aliphatic rings. The SMILES string of the molecule is Cc1cccc(CSc2ccc(Cl)cc2)c1. The zero-order chi connectivity index (χ0) is 11.4. The van der Waals surface area contributed by atoms with Crippen LogP contribution in [0.25, 0.3) is 0 Å². The highest BCUT2D eigenvalue weighted by Gasteiger charge is 1.96. The van der Waals surface area contributed by atoms with Crippen LogP contribution in [-0.2, 0) is 5.75 Å². The molecule has 0 bridgehead atoms. The lowest BCUT2D eigenvalue weighted by Gasteiger charge is -2.03. The standard InChI is InChI=1S/C14H13ClS/c1-11-3-2-4-12(9-11)10-16-14-7-5-13(15)6-8-14/h2-9H,10H2,1H3. The van der Waals surface area contributed by atoms with Gasteiger partial charge in [0, 0.05) is 15.7 Å². The van der Waals surface area contributed by atoms with E-state index in [0.717, 1.165) is 10.8 Å². The van der Waals surface area contributed by atoms with Crippen molar-refractivity contribution in [3.63, 3.8) is 0 Å². The third kappa shape index (κ3) is 3.29. The highest BCUT2D eigenvalue weighted by atomic mass is 35.5. The molecule has 0 aliphatic heterocycles. The van der Waals surface area contributed by atoms with Crippen LogP contribution in [0, 0.1) is 6.92 Å². The van der Waals surface area contributed by atoms with Gasteiger partial charge in [0.2, 0.25) is 0 Å². The topological polar surface area (TPSA) is 0 Å². The average Bonchev–Trinajstić information content (AvgIpc) is 2.28. The maximum Gasteiger partial charge on any atom is 0.0406 e. The summed E-state index contributed by atoms with van der Waals surface area (Å²) < 4.78 is 0. The van der Waals surface area contributed by atoms with Crippen molar-refractivity contribution in [3.8, 4) is 0 Å². The van der Waals surface area contributed by atoms with Gasteiger partial charge in [0.25, 0.3) is 0 Å². The fourth-order valence-electron chi connectivity index (χ4n) is 1.50. The molecule has 0 unspecified atom stereocenters. The van der Waals surface area contributed by atoms with Gasteiger partial charge in [-0.15, -0.1) is 11.8 Å². The van der Waals surface area contributed by atoms with Crippen LogP contribution in [0.3, 0.4) is 0 Å². The lowest BCUT2D eigenvalue weighted by Crippen LogP contribution is -1.81. The van der Waals surface area contributed by atoms with E-state index in [1.54, 1.807) is 0 Å². The Bertz CT molecular complexity index is 462. The minimum atomic E-state index is 0.792. The van der Waals surface area contributed by atoms with Crippen molar-refractivity contribution < 1.29 is 0 Å². The van der Waals surface area contributed by atoms with Crippen LogP contribution in [0.5, 0.6) is 0 Å². The van der Waals surface area contributed by atoms with Crippen molar-refractivity contribution in [2.45, 2.75) is 17.6 Å². The first-order valence-corrected chi connectivity index (χ1v) is 6.54. The molecular formula is C14H13ClS. The van der Waals surface area contributed by atoms with Crippen molar-refractivity contribution in [2.75, 3.05) is 0 Å². The van der Waals surface area contributed by atoms with Crippen LogP contribution in [0.15, 0.2) is 53.4 Å². The molecule has 0 saturated heterocycles. The van der Waals surface area contributed by atoms with Gasteiger partial charge in [0.05, 0.1) is 0 Å². The van der Waals surface area contributed by atoms with Crippen LogP contribution in [0.4, 0.5) is 0 Å². The number of hydrogen-bond donors (Lipinski definition) is 0. The number of hydrogen-bond acceptors (Lipinski definition) is 1. The normalized spacial score (nSPS) is 10.4. The maximum absolute atomic E-state index is 5.84. The Balaban J connectivity index is 1.99. The zero-order valence-electron chi connectivity index (χ0n) is 9.11. The number of aryl methyl sites for hydroxylation is 1. The van der Waals surface area contributed by atoms with Gasteiger partial charge in [-0.25, -0.2) is 0 Å². The second-order valence-corrected chi connectivity index (χ2v) is 5.22. The molecule has 2 aromatic rings. The van der Waals surface area contributed by atoms with E-state index in [1.807, 2.05) is 23.9 Å². The zero-order valence-corrected chi connectivity index (χ0v) is 10.7. The van der Waals surface area contributed by atoms with Gasteiger partial charge in [-0.1, -0.05) is 41.4 Å². The molecule has 2 rings (SSSR count). The lowest BCUT2D eigenvalue weighted by atomic mass is 10.2. The summed E-state index contributed by atoms with van der Waals surface area (Å²) in [6.07, 6.45) is 0. The summed E-state index contributed by atoms with van der Waals surface area (Å²) in [6, 6.07) is 16.6. The first-order chi connectivity index (χ1) is 7.74. The molecule has 0 spiro atoms. The van der Waals surface area contributed by atoms with Crippen molar-refractivity contribution in [3.05, 3.63) is 64.7 Å². The summed E-state index contributed by atoms with van der Waals surface area (Å²) >= 11 is 7.67. The monoisotopic (exact) mass is 248 g/mol. The summed E-state index contributed by atoms with van der Waals surface area (Å²) in [5, 5.41) is 0.792. The van der Waals surface area contributed by atoms with E-state index < -0.39 is 0 Å². The van der Waals surface area contributed by atoms with Crippen molar-refractivity contribution in [1.29, 1.82) is 0 Å². The molecule has 0 aliphatic carbocycles. The number of rotatable bonds is 3. The minimum absolute atomic E-state index is 0.792. The molecule has 0 amide bonds. The van der Waals surface area contributed by atoms with Gasteiger partial charge < -0.3 is 0 Å². The summed E-state index contributed by atoms with van der Waals surface area (Å²) in [7, 11) is 0. The summed E-state index contributed by atoms with van der Waals surface area (Å²) in [5.41, 5.74) is 2.68. The van der Waals surface area contributed by atoms with E-state index >= 15 is 0 Å². The van der Waals surface area contributed by atoms with Crippen LogP contribution < -0.4 is 0 Å². The third-order valence-electron chi connectivity index (χ3n) is 2.30. The minimum Gasteiger partial charge on any atom is -0.121 e. The summed E-state index contributed by atoms with van der Waals surface area (Å²) in [6.45, 7) is 2.12. The number of thioether (sulfide) groups is 1. The molecule has 0 nitrogen and oxygen atoms in total. The Morgan fingerprint density at radius 3 is 2.50 bits per heavy atom. The largest absolute Gasteiger partial charge is 0.121 e. The van der Waals surface area contributed by atoms with E-state index in [4.69, 9.17) is 11.6 Å². The van der Waals surface area contributed by atoms with E-state index in [9.17, 15) is 0 Å². The van der Waals surface area contributed by atoms with Crippen molar-refractivity contribution in [1.82, 2.24) is 0 Å². The molecule has 0 heterocycles. The lowest BCUT2D eigenvalue weighted by molar-refractivity contribution is 1.34. The summed E-state index contributed by atoms with van der Waals surface area (Å²) in [4.78, 5) is 1.26. The molecular weight excluding hydrogens is 236 g/mol. The molecule has 0 radical (unpaired) electrons. The van der Waals surface area contributed by atoms with Crippen LogP contribution in [-0.4, -0.2) is 0 Å². The summed E-state index contributed by atoms with van der Waals surface area (Å²) in [5.74, 6) is 1.00. The Kier molecular flexibility index (Phi) is 3.92. The van der Waals surface area contributed by atoms with Gasteiger partial charge in [0.15, 0.2) is 0 Å². The molecule has 2 aromatic carbocycles. The fraction of sp³-hybridized carbons (Fsp3) is 0.143. The van der Waals surface area contributed by atoms with E-state index in [-0.39, 0.29) is 0 Å². The Morgan fingerprint density at radius 1 is 1.06 bits per heavy atom. The average molecular weight is 249 g/mol. The highest BCUT2D eigenvalue weighted by Crippen LogP contribution is 2.24.